The summed E-state index contributed by atoms with van der Waals surface area (Å²) in [4.78, 5) is 17.4. The van der Waals surface area contributed by atoms with Gasteiger partial charge in [0.25, 0.3) is 0 Å². The molecule has 0 bridgehead atoms. The van der Waals surface area contributed by atoms with Gasteiger partial charge in [0.1, 0.15) is 0 Å². The van der Waals surface area contributed by atoms with Crippen LogP contribution >= 0.6 is 0 Å². The van der Waals surface area contributed by atoms with Crippen molar-refractivity contribution in [2.24, 2.45) is 0 Å². The van der Waals surface area contributed by atoms with E-state index in [9.17, 15) is 0 Å². The second-order valence-electron chi connectivity index (χ2n) is 8.83. The van der Waals surface area contributed by atoms with E-state index in [1.807, 2.05) is 13.0 Å². The molecule has 1 aromatic heterocycles. The van der Waals surface area contributed by atoms with Crippen molar-refractivity contribution < 1.29 is 4.84 Å². The summed E-state index contributed by atoms with van der Waals surface area (Å²) in [5.74, 6) is 0.463. The highest BCUT2D eigenvalue weighted by Gasteiger charge is 2.26. The number of anilines is 1. The topological polar surface area (TPSA) is 76.3 Å². The van der Waals surface area contributed by atoms with Gasteiger partial charge in [0.05, 0.1) is 23.7 Å². The summed E-state index contributed by atoms with van der Waals surface area (Å²) >= 11 is 0. The Bertz CT molecular complexity index is 1140. The van der Waals surface area contributed by atoms with E-state index in [-0.39, 0.29) is 5.92 Å². The lowest BCUT2D eigenvalue weighted by molar-refractivity contribution is 0.0620. The molecule has 33 heavy (non-hydrogen) atoms. The first-order valence-corrected chi connectivity index (χ1v) is 11.8. The molecule has 3 aromatic rings. The maximum absolute atomic E-state index is 6.03. The van der Waals surface area contributed by atoms with Gasteiger partial charge in [-0.15, -0.1) is 0 Å². The van der Waals surface area contributed by atoms with Crippen LogP contribution in [0.3, 0.4) is 0 Å². The number of rotatable bonds is 7. The normalized spacial score (nSPS) is 18.1. The van der Waals surface area contributed by atoms with Gasteiger partial charge in [-0.2, -0.15) is 0 Å². The molecular weight excluding hydrogens is 410 g/mol. The zero-order valence-corrected chi connectivity index (χ0v) is 19.1. The predicted molar refractivity (Wildman–Crippen MR) is 132 cm³/mol. The van der Waals surface area contributed by atoms with Gasteiger partial charge in [0, 0.05) is 24.4 Å². The van der Waals surface area contributed by atoms with Gasteiger partial charge >= 0.3 is 0 Å². The summed E-state index contributed by atoms with van der Waals surface area (Å²) in [5, 5.41) is 0. The second kappa shape index (κ2) is 9.73. The van der Waals surface area contributed by atoms with Crippen LogP contribution < -0.4 is 11.2 Å². The van der Waals surface area contributed by atoms with Crippen molar-refractivity contribution in [1.29, 1.82) is 0 Å². The number of hydrogen-bond donors (Lipinski definition) is 2. The van der Waals surface area contributed by atoms with Crippen LogP contribution in [0, 0.1) is 6.92 Å². The van der Waals surface area contributed by atoms with Gasteiger partial charge < -0.3 is 10.6 Å². The summed E-state index contributed by atoms with van der Waals surface area (Å²) in [5.41, 5.74) is 16.7. The van der Waals surface area contributed by atoms with Crippen molar-refractivity contribution in [2.45, 2.75) is 32.1 Å². The summed E-state index contributed by atoms with van der Waals surface area (Å²) in [6.45, 7) is 5.88. The number of hydrogen-bond acceptors (Lipinski definition) is 6. The van der Waals surface area contributed by atoms with Crippen molar-refractivity contribution >= 4 is 11.6 Å². The molecule has 170 valence electrons. The molecule has 0 amide bonds. The molecule has 5 rings (SSSR count). The largest absolute Gasteiger partial charge is 0.368 e. The van der Waals surface area contributed by atoms with Crippen molar-refractivity contribution in [2.75, 3.05) is 32.0 Å². The number of aryl methyl sites for hydroxylation is 1. The van der Waals surface area contributed by atoms with Crippen LogP contribution in [-0.2, 0) is 11.3 Å². The zero-order chi connectivity index (χ0) is 22.6. The number of hydroxylamine groups is 1. The Balaban J connectivity index is 1.44. The van der Waals surface area contributed by atoms with E-state index in [0.717, 1.165) is 35.6 Å². The third-order valence-electron chi connectivity index (χ3n) is 6.57. The van der Waals surface area contributed by atoms with E-state index in [1.165, 1.54) is 42.6 Å². The zero-order valence-electron chi connectivity index (χ0n) is 19.1. The van der Waals surface area contributed by atoms with Gasteiger partial charge in [-0.3, -0.25) is 10.3 Å². The highest BCUT2D eigenvalue weighted by atomic mass is 16.6. The molecule has 1 aliphatic carbocycles. The maximum Gasteiger partial charge on any atom is 0.220 e. The molecule has 1 aliphatic heterocycles. The third kappa shape index (κ3) is 4.77. The van der Waals surface area contributed by atoms with Crippen LogP contribution in [0.2, 0.25) is 0 Å². The van der Waals surface area contributed by atoms with Gasteiger partial charge in [0.15, 0.2) is 0 Å². The van der Waals surface area contributed by atoms with E-state index in [0.29, 0.717) is 12.6 Å². The lowest BCUT2D eigenvalue weighted by atomic mass is 9.82. The molecule has 2 heterocycles. The fraction of sp³-hybridized carbons (Fsp3) is 0.333. The Morgan fingerprint density at radius 3 is 2.61 bits per heavy atom. The Morgan fingerprint density at radius 2 is 1.79 bits per heavy atom. The SMILES string of the molecule is Cc1nc(N)nc2c1C(NOCCN1CCCC1)=CC(c1ccccc1-c1ccccc1)C2. The number of nitrogens with two attached hydrogens (primary N) is 1. The first-order chi connectivity index (χ1) is 16.2. The number of nitrogen functional groups attached to an aromatic ring is 1. The van der Waals surface area contributed by atoms with Crippen LogP contribution in [0.15, 0.2) is 60.7 Å². The molecule has 6 heteroatoms. The molecule has 2 aromatic carbocycles. The average molecular weight is 442 g/mol. The molecule has 1 fully saturated rings. The molecule has 1 saturated heterocycles. The van der Waals surface area contributed by atoms with Crippen molar-refractivity contribution in [1.82, 2.24) is 20.3 Å². The summed E-state index contributed by atoms with van der Waals surface area (Å²) in [7, 11) is 0. The number of likely N-dealkylation sites (tertiary alicyclic amines) is 1. The monoisotopic (exact) mass is 441 g/mol. The minimum Gasteiger partial charge on any atom is -0.368 e. The van der Waals surface area contributed by atoms with Crippen LogP contribution in [0.1, 0.15) is 41.3 Å². The van der Waals surface area contributed by atoms with Gasteiger partial charge in [-0.1, -0.05) is 60.7 Å². The molecule has 0 radical (unpaired) electrons. The van der Waals surface area contributed by atoms with Gasteiger partial charge in [0.2, 0.25) is 5.95 Å². The number of aromatic nitrogens is 2. The smallest absolute Gasteiger partial charge is 0.220 e. The van der Waals surface area contributed by atoms with Crippen molar-refractivity contribution in [3.05, 3.63) is 83.2 Å². The van der Waals surface area contributed by atoms with Gasteiger partial charge in [-0.05, 0) is 49.5 Å². The minimum absolute atomic E-state index is 0.146. The standard InChI is InChI=1S/C27H31N5O/c1-19-26-24(30-27(28)29-19)17-21(18-25(26)31-33-16-15-32-13-7-8-14-32)23-12-6-5-11-22(23)20-9-3-2-4-10-20/h2-6,9-12,18,21,31H,7-8,13-17H2,1H3,(H2,28,29,30). The fourth-order valence-corrected chi connectivity index (χ4v) is 5.00. The number of allylic oxidation sites excluding steroid dienone is 1. The highest BCUT2D eigenvalue weighted by Crippen LogP contribution is 2.38. The second-order valence-corrected chi connectivity index (χ2v) is 8.83. The summed E-state index contributed by atoms with van der Waals surface area (Å²) < 4.78 is 0. The summed E-state index contributed by atoms with van der Waals surface area (Å²) in [6, 6.07) is 19.1. The molecule has 1 unspecified atom stereocenters. The highest BCUT2D eigenvalue weighted by molar-refractivity contribution is 5.74. The summed E-state index contributed by atoms with van der Waals surface area (Å²) in [6.07, 6.45) is 5.59. The molecule has 3 N–H and O–H groups in total. The first-order valence-electron chi connectivity index (χ1n) is 11.8. The lowest BCUT2D eigenvalue weighted by Gasteiger charge is -2.27. The van der Waals surface area contributed by atoms with Crippen LogP contribution in [0.5, 0.6) is 0 Å². The Hall–Kier alpha value is -3.22. The Kier molecular flexibility index (Phi) is 6.37. The minimum atomic E-state index is 0.146. The molecule has 0 spiro atoms. The van der Waals surface area contributed by atoms with E-state index < -0.39 is 0 Å². The fourth-order valence-electron chi connectivity index (χ4n) is 5.00. The van der Waals surface area contributed by atoms with Crippen LogP contribution in [-0.4, -0.2) is 41.1 Å². The van der Waals surface area contributed by atoms with E-state index in [4.69, 9.17) is 10.6 Å². The molecular formula is C27H31N5O. The first kappa shape index (κ1) is 21.6. The number of nitrogens with zero attached hydrogens (tertiary/aromatic N) is 3. The lowest BCUT2D eigenvalue weighted by Crippen LogP contribution is -2.28. The van der Waals surface area contributed by atoms with Gasteiger partial charge in [-0.25, -0.2) is 9.97 Å². The number of benzene rings is 2. The molecule has 0 saturated carbocycles. The maximum atomic E-state index is 6.03. The van der Waals surface area contributed by atoms with Crippen LogP contribution in [0.25, 0.3) is 16.8 Å². The van der Waals surface area contributed by atoms with E-state index in [1.54, 1.807) is 0 Å². The molecule has 1 atom stereocenters. The Morgan fingerprint density at radius 1 is 1.03 bits per heavy atom. The van der Waals surface area contributed by atoms with E-state index >= 15 is 0 Å². The quantitative estimate of drug-likeness (QED) is 0.420. The van der Waals surface area contributed by atoms with Crippen molar-refractivity contribution in [3.63, 3.8) is 0 Å². The third-order valence-corrected chi connectivity index (χ3v) is 6.57. The average Bonchev–Trinajstić information content (AvgIpc) is 3.35. The van der Waals surface area contributed by atoms with Crippen molar-refractivity contribution in [3.8, 4) is 11.1 Å². The number of nitrogens with one attached hydrogen (secondary N) is 1. The molecule has 2 aliphatic rings. The molecule has 6 nitrogen and oxygen atoms in total. The number of fused-ring (bicyclic) bond motifs is 1. The van der Waals surface area contributed by atoms with Crippen LogP contribution in [0.4, 0.5) is 5.95 Å². The predicted octanol–water partition coefficient (Wildman–Crippen LogP) is 4.33. The Labute approximate surface area is 195 Å². The van der Waals surface area contributed by atoms with E-state index in [2.05, 4.69) is 75.0 Å².